The highest BCUT2D eigenvalue weighted by molar-refractivity contribution is 5.91. The SMILES string of the molecule is FC(F)c1cccc2cccc(OC(F)(F)F)c12. The van der Waals surface area contributed by atoms with Crippen LogP contribution in [0.2, 0.25) is 0 Å². The highest BCUT2D eigenvalue weighted by atomic mass is 19.4. The minimum absolute atomic E-state index is 0.215. The Morgan fingerprint density at radius 2 is 1.56 bits per heavy atom. The molecule has 1 nitrogen and oxygen atoms in total. The van der Waals surface area contributed by atoms with Crippen LogP contribution >= 0.6 is 0 Å². The quantitative estimate of drug-likeness (QED) is 0.714. The van der Waals surface area contributed by atoms with Crippen LogP contribution in [0, 0.1) is 0 Å². The number of ether oxygens (including phenoxy) is 1. The Morgan fingerprint density at radius 1 is 0.944 bits per heavy atom. The Hall–Kier alpha value is -1.85. The summed E-state index contributed by atoms with van der Waals surface area (Å²) in [6, 6.07) is 7.67. The smallest absolute Gasteiger partial charge is 0.405 e. The van der Waals surface area contributed by atoms with Gasteiger partial charge in [-0.1, -0.05) is 30.3 Å². The van der Waals surface area contributed by atoms with Gasteiger partial charge in [-0.15, -0.1) is 13.2 Å². The van der Waals surface area contributed by atoms with Gasteiger partial charge in [-0.25, -0.2) is 8.78 Å². The Morgan fingerprint density at radius 3 is 2.11 bits per heavy atom. The summed E-state index contributed by atoms with van der Waals surface area (Å²) in [5.74, 6) is -0.615. The van der Waals surface area contributed by atoms with Crippen molar-refractivity contribution in [2.75, 3.05) is 0 Å². The van der Waals surface area contributed by atoms with Gasteiger partial charge >= 0.3 is 6.36 Å². The zero-order valence-electron chi connectivity index (χ0n) is 8.84. The van der Waals surface area contributed by atoms with E-state index in [4.69, 9.17) is 0 Å². The molecule has 0 radical (unpaired) electrons. The lowest BCUT2D eigenvalue weighted by Gasteiger charge is -2.13. The molecule has 0 bridgehead atoms. The van der Waals surface area contributed by atoms with Gasteiger partial charge in [0.1, 0.15) is 5.75 Å². The van der Waals surface area contributed by atoms with E-state index in [9.17, 15) is 22.0 Å². The summed E-state index contributed by atoms with van der Waals surface area (Å²) in [6.07, 6.45) is -7.78. The van der Waals surface area contributed by atoms with Gasteiger partial charge < -0.3 is 4.74 Å². The van der Waals surface area contributed by atoms with Crippen molar-refractivity contribution < 1.29 is 26.7 Å². The molecule has 0 aliphatic heterocycles. The van der Waals surface area contributed by atoms with Gasteiger partial charge in [0.15, 0.2) is 0 Å². The second-order valence-electron chi connectivity index (χ2n) is 3.55. The van der Waals surface area contributed by atoms with Crippen molar-refractivity contribution in [3.8, 4) is 5.75 Å². The molecule has 0 aliphatic carbocycles. The van der Waals surface area contributed by atoms with Gasteiger partial charge in [-0.3, -0.25) is 0 Å². The van der Waals surface area contributed by atoms with Crippen molar-refractivity contribution in [3.63, 3.8) is 0 Å². The van der Waals surface area contributed by atoms with Crippen LogP contribution < -0.4 is 4.74 Å². The molecule has 0 spiro atoms. The predicted molar refractivity (Wildman–Crippen MR) is 55.6 cm³/mol. The number of fused-ring (bicyclic) bond motifs is 1. The van der Waals surface area contributed by atoms with E-state index in [1.54, 1.807) is 0 Å². The van der Waals surface area contributed by atoms with Gasteiger partial charge in [0, 0.05) is 10.9 Å². The van der Waals surface area contributed by atoms with Crippen molar-refractivity contribution in [2.24, 2.45) is 0 Å². The number of benzene rings is 2. The maximum atomic E-state index is 12.8. The van der Waals surface area contributed by atoms with E-state index in [1.165, 1.54) is 24.3 Å². The van der Waals surface area contributed by atoms with Crippen molar-refractivity contribution in [1.29, 1.82) is 0 Å². The molecule has 0 saturated heterocycles. The van der Waals surface area contributed by atoms with Crippen LogP contribution in [0.1, 0.15) is 12.0 Å². The molecule has 0 N–H and O–H groups in total. The highest BCUT2D eigenvalue weighted by Crippen LogP contribution is 2.36. The molecule has 0 amide bonds. The van der Waals surface area contributed by atoms with Gasteiger partial charge in [-0.05, 0) is 11.5 Å². The Kier molecular flexibility index (Phi) is 3.11. The molecular weight excluding hydrogens is 255 g/mol. The summed E-state index contributed by atoms with van der Waals surface area (Å²) < 4.78 is 65.9. The first kappa shape index (κ1) is 12.6. The first-order valence-electron chi connectivity index (χ1n) is 4.94. The second-order valence-corrected chi connectivity index (χ2v) is 3.55. The summed E-state index contributed by atoms with van der Waals surface area (Å²) in [5.41, 5.74) is -0.479. The third kappa shape index (κ3) is 2.52. The monoisotopic (exact) mass is 262 g/mol. The van der Waals surface area contributed by atoms with Crippen LogP contribution in [-0.4, -0.2) is 6.36 Å². The Labute approximate surface area is 98.8 Å². The van der Waals surface area contributed by atoms with E-state index in [0.29, 0.717) is 0 Å². The van der Waals surface area contributed by atoms with Crippen LogP contribution in [0.5, 0.6) is 5.75 Å². The third-order valence-corrected chi connectivity index (χ3v) is 2.36. The minimum atomic E-state index is -4.91. The number of halogens is 5. The largest absolute Gasteiger partial charge is 0.573 e. The zero-order valence-corrected chi connectivity index (χ0v) is 8.84. The van der Waals surface area contributed by atoms with E-state index in [1.807, 2.05) is 0 Å². The molecule has 0 aliphatic rings. The van der Waals surface area contributed by atoms with Crippen molar-refractivity contribution in [1.82, 2.24) is 0 Å². The fourth-order valence-electron chi connectivity index (χ4n) is 1.73. The highest BCUT2D eigenvalue weighted by Gasteiger charge is 2.32. The number of hydrogen-bond acceptors (Lipinski definition) is 1. The first-order valence-corrected chi connectivity index (χ1v) is 4.94. The standard InChI is InChI=1S/C12H7F5O/c13-11(14)8-5-1-3-7-4-2-6-9(10(7)8)18-12(15,16)17/h1-6,11H. The summed E-state index contributed by atoms with van der Waals surface area (Å²) >= 11 is 0. The van der Waals surface area contributed by atoms with Gasteiger partial charge in [0.2, 0.25) is 0 Å². The van der Waals surface area contributed by atoms with Crippen LogP contribution in [0.15, 0.2) is 36.4 Å². The van der Waals surface area contributed by atoms with E-state index in [0.717, 1.165) is 12.1 Å². The van der Waals surface area contributed by atoms with Gasteiger partial charge in [0.05, 0.1) is 0 Å². The Bertz CT molecular complexity index is 557. The van der Waals surface area contributed by atoms with Crippen molar-refractivity contribution >= 4 is 10.8 Å². The third-order valence-electron chi connectivity index (χ3n) is 2.36. The van der Waals surface area contributed by atoms with Gasteiger partial charge in [-0.2, -0.15) is 0 Å². The predicted octanol–water partition coefficient (Wildman–Crippen LogP) is 4.68. The molecule has 0 unspecified atom stereocenters. The minimum Gasteiger partial charge on any atom is -0.405 e. The zero-order chi connectivity index (χ0) is 13.3. The molecule has 0 saturated carbocycles. The number of rotatable bonds is 2. The summed E-state index contributed by atoms with van der Waals surface area (Å²) in [4.78, 5) is 0. The maximum Gasteiger partial charge on any atom is 0.573 e. The topological polar surface area (TPSA) is 9.23 Å². The van der Waals surface area contributed by atoms with Gasteiger partial charge in [0.25, 0.3) is 6.43 Å². The number of alkyl halides is 5. The lowest BCUT2D eigenvalue weighted by atomic mass is 10.0. The first-order chi connectivity index (χ1) is 8.38. The molecule has 0 fully saturated rings. The molecular formula is C12H7F5O. The lowest BCUT2D eigenvalue weighted by molar-refractivity contribution is -0.274. The molecule has 2 aromatic rings. The van der Waals surface area contributed by atoms with Crippen LogP contribution in [0.3, 0.4) is 0 Å². The van der Waals surface area contributed by atoms with Crippen LogP contribution in [0.4, 0.5) is 22.0 Å². The van der Waals surface area contributed by atoms with E-state index in [2.05, 4.69) is 4.74 Å². The Balaban J connectivity index is 2.66. The average Bonchev–Trinajstić information content (AvgIpc) is 2.26. The van der Waals surface area contributed by atoms with Crippen molar-refractivity contribution in [3.05, 3.63) is 42.0 Å². The average molecular weight is 262 g/mol. The van der Waals surface area contributed by atoms with Crippen LogP contribution in [-0.2, 0) is 0 Å². The molecule has 18 heavy (non-hydrogen) atoms. The molecule has 0 heterocycles. The van der Waals surface area contributed by atoms with E-state index in [-0.39, 0.29) is 10.8 Å². The fourth-order valence-corrected chi connectivity index (χ4v) is 1.73. The molecule has 2 aromatic carbocycles. The van der Waals surface area contributed by atoms with Crippen LogP contribution in [0.25, 0.3) is 10.8 Å². The van der Waals surface area contributed by atoms with Crippen molar-refractivity contribution in [2.45, 2.75) is 12.8 Å². The molecule has 0 atom stereocenters. The fraction of sp³-hybridized carbons (Fsp3) is 0.167. The number of hydrogen-bond donors (Lipinski definition) is 0. The van der Waals surface area contributed by atoms with E-state index >= 15 is 0 Å². The summed E-state index contributed by atoms with van der Waals surface area (Å²) in [6.45, 7) is 0. The normalized spacial score (nSPS) is 12.1. The maximum absolute atomic E-state index is 12.8. The summed E-state index contributed by atoms with van der Waals surface area (Å²) in [7, 11) is 0. The second kappa shape index (κ2) is 4.44. The van der Waals surface area contributed by atoms with E-state index < -0.39 is 24.1 Å². The molecule has 0 aromatic heterocycles. The summed E-state index contributed by atoms with van der Waals surface area (Å²) in [5, 5.41) is 0.0573. The molecule has 96 valence electrons. The molecule has 6 heteroatoms. The lowest BCUT2D eigenvalue weighted by Crippen LogP contribution is -2.17. The molecule has 2 rings (SSSR count).